The van der Waals surface area contributed by atoms with E-state index in [-0.39, 0.29) is 17.8 Å². The van der Waals surface area contributed by atoms with Crippen LogP contribution >= 0.6 is 11.3 Å². The van der Waals surface area contributed by atoms with Crippen LogP contribution in [-0.4, -0.2) is 29.0 Å². The molecule has 2 aliphatic rings. The summed E-state index contributed by atoms with van der Waals surface area (Å²) in [5.74, 6) is -0.385. The van der Waals surface area contributed by atoms with Crippen LogP contribution in [0.5, 0.6) is 0 Å². The number of thiazole rings is 1. The van der Waals surface area contributed by atoms with Crippen LogP contribution in [0.15, 0.2) is 29.6 Å². The molecule has 2 atom stereocenters. The standard InChI is InChI=1S/C17H18FN3OS/c18-11-3-1-10(2-4-11)17-21-15(9-23-17)16(22)20-14-7-12-5-6-13(8-14)19-12/h1-4,9,12-14,19H,5-8H2,(H,20,22). The molecule has 6 heteroatoms. The minimum absolute atomic E-state index is 0.110. The maximum Gasteiger partial charge on any atom is 0.270 e. The Labute approximate surface area is 138 Å². The predicted molar refractivity (Wildman–Crippen MR) is 87.9 cm³/mol. The highest BCUT2D eigenvalue weighted by molar-refractivity contribution is 7.13. The minimum Gasteiger partial charge on any atom is -0.348 e. The summed E-state index contributed by atoms with van der Waals surface area (Å²) in [5, 5.41) is 9.19. The first-order valence-corrected chi connectivity index (χ1v) is 8.84. The molecule has 1 aromatic heterocycles. The first-order valence-electron chi connectivity index (χ1n) is 7.96. The van der Waals surface area contributed by atoms with Crippen molar-refractivity contribution in [3.8, 4) is 10.6 Å². The average Bonchev–Trinajstić information content (AvgIpc) is 3.15. The topological polar surface area (TPSA) is 54.0 Å². The number of hydrogen-bond donors (Lipinski definition) is 2. The number of benzene rings is 1. The molecule has 3 heterocycles. The molecule has 0 aliphatic carbocycles. The molecule has 2 bridgehead atoms. The molecular weight excluding hydrogens is 313 g/mol. The summed E-state index contributed by atoms with van der Waals surface area (Å²) in [7, 11) is 0. The van der Waals surface area contributed by atoms with Crippen LogP contribution in [0.4, 0.5) is 4.39 Å². The Morgan fingerprint density at radius 2 is 1.91 bits per heavy atom. The fourth-order valence-corrected chi connectivity index (χ4v) is 4.34. The summed E-state index contributed by atoms with van der Waals surface area (Å²) in [6, 6.07) is 7.49. The Kier molecular flexibility index (Phi) is 3.87. The van der Waals surface area contributed by atoms with E-state index in [0.717, 1.165) is 23.4 Å². The smallest absolute Gasteiger partial charge is 0.270 e. The van der Waals surface area contributed by atoms with Crippen LogP contribution < -0.4 is 10.6 Å². The number of amides is 1. The van der Waals surface area contributed by atoms with E-state index in [2.05, 4.69) is 15.6 Å². The van der Waals surface area contributed by atoms with Gasteiger partial charge in [-0.25, -0.2) is 9.37 Å². The van der Waals surface area contributed by atoms with Crippen molar-refractivity contribution in [2.75, 3.05) is 0 Å². The van der Waals surface area contributed by atoms with Gasteiger partial charge in [0.25, 0.3) is 5.91 Å². The van der Waals surface area contributed by atoms with E-state index in [4.69, 9.17) is 0 Å². The lowest BCUT2D eigenvalue weighted by Gasteiger charge is -2.29. The third kappa shape index (κ3) is 3.14. The fraction of sp³-hybridized carbons (Fsp3) is 0.412. The number of carbonyl (C=O) groups is 1. The summed E-state index contributed by atoms with van der Waals surface area (Å²) in [6.45, 7) is 0. The van der Waals surface area contributed by atoms with Gasteiger partial charge in [0.1, 0.15) is 16.5 Å². The maximum absolute atomic E-state index is 13.0. The van der Waals surface area contributed by atoms with Gasteiger partial charge in [-0.3, -0.25) is 4.79 Å². The number of hydrogen-bond acceptors (Lipinski definition) is 4. The van der Waals surface area contributed by atoms with Crippen molar-refractivity contribution in [3.05, 3.63) is 41.2 Å². The maximum atomic E-state index is 13.0. The van der Waals surface area contributed by atoms with Crippen molar-refractivity contribution in [1.82, 2.24) is 15.6 Å². The van der Waals surface area contributed by atoms with Crippen molar-refractivity contribution in [2.45, 2.75) is 43.8 Å². The van der Waals surface area contributed by atoms with E-state index in [1.807, 2.05) is 0 Å². The van der Waals surface area contributed by atoms with E-state index in [1.54, 1.807) is 17.5 Å². The van der Waals surface area contributed by atoms with Gasteiger partial charge in [-0.1, -0.05) is 0 Å². The second-order valence-corrected chi connectivity index (χ2v) is 7.18. The molecule has 2 aliphatic heterocycles. The van der Waals surface area contributed by atoms with Crippen LogP contribution in [0.2, 0.25) is 0 Å². The van der Waals surface area contributed by atoms with Crippen LogP contribution in [0.1, 0.15) is 36.2 Å². The van der Waals surface area contributed by atoms with Gasteiger partial charge in [0.05, 0.1) is 0 Å². The zero-order chi connectivity index (χ0) is 15.8. The van der Waals surface area contributed by atoms with Crippen LogP contribution in [0.3, 0.4) is 0 Å². The Hall–Kier alpha value is -1.79. The molecular formula is C17H18FN3OS. The molecule has 2 fully saturated rings. The summed E-state index contributed by atoms with van der Waals surface area (Å²) in [5.41, 5.74) is 1.27. The van der Waals surface area contributed by atoms with Gasteiger partial charge < -0.3 is 10.6 Å². The fourth-order valence-electron chi connectivity index (χ4n) is 3.54. The molecule has 4 rings (SSSR count). The second kappa shape index (κ2) is 6.02. The van der Waals surface area contributed by atoms with Crippen molar-refractivity contribution < 1.29 is 9.18 Å². The summed E-state index contributed by atoms with van der Waals surface area (Å²) in [6.07, 6.45) is 4.42. The van der Waals surface area contributed by atoms with Gasteiger partial charge in [-0.05, 0) is 49.9 Å². The zero-order valence-corrected chi connectivity index (χ0v) is 13.4. The lowest BCUT2D eigenvalue weighted by Crippen LogP contribution is -2.48. The monoisotopic (exact) mass is 331 g/mol. The normalized spacial score (nSPS) is 26.2. The highest BCUT2D eigenvalue weighted by atomic mass is 32.1. The van der Waals surface area contributed by atoms with Crippen molar-refractivity contribution in [3.63, 3.8) is 0 Å². The molecule has 120 valence electrons. The van der Waals surface area contributed by atoms with Crippen molar-refractivity contribution in [1.29, 1.82) is 0 Å². The van der Waals surface area contributed by atoms with Crippen molar-refractivity contribution in [2.24, 2.45) is 0 Å². The molecule has 2 unspecified atom stereocenters. The number of aromatic nitrogens is 1. The average molecular weight is 331 g/mol. The number of nitrogens with zero attached hydrogens (tertiary/aromatic N) is 1. The van der Waals surface area contributed by atoms with Crippen LogP contribution in [0.25, 0.3) is 10.6 Å². The number of carbonyl (C=O) groups excluding carboxylic acids is 1. The van der Waals surface area contributed by atoms with Gasteiger partial charge in [0.15, 0.2) is 0 Å². The van der Waals surface area contributed by atoms with Gasteiger partial charge in [0.2, 0.25) is 0 Å². The molecule has 1 aromatic carbocycles. The number of fused-ring (bicyclic) bond motifs is 2. The molecule has 4 nitrogen and oxygen atoms in total. The molecule has 0 spiro atoms. The summed E-state index contributed by atoms with van der Waals surface area (Å²) < 4.78 is 13.0. The third-order valence-corrected chi connectivity index (χ3v) is 5.53. The molecule has 0 radical (unpaired) electrons. The second-order valence-electron chi connectivity index (χ2n) is 6.32. The van der Waals surface area contributed by atoms with E-state index >= 15 is 0 Å². The predicted octanol–water partition coefficient (Wildman–Crippen LogP) is 2.96. The quantitative estimate of drug-likeness (QED) is 0.909. The van der Waals surface area contributed by atoms with E-state index in [9.17, 15) is 9.18 Å². The summed E-state index contributed by atoms with van der Waals surface area (Å²) >= 11 is 1.41. The molecule has 2 N–H and O–H groups in total. The highest BCUT2D eigenvalue weighted by Crippen LogP contribution is 2.27. The SMILES string of the molecule is O=C(NC1CC2CCC(C1)N2)c1csc(-c2ccc(F)cc2)n1. The van der Waals surface area contributed by atoms with Gasteiger partial charge in [-0.2, -0.15) is 0 Å². The number of halogens is 1. The molecule has 2 saturated heterocycles. The Bertz CT molecular complexity index is 703. The van der Waals surface area contributed by atoms with Gasteiger partial charge in [-0.15, -0.1) is 11.3 Å². The lowest BCUT2D eigenvalue weighted by atomic mass is 10.00. The van der Waals surface area contributed by atoms with E-state index in [0.29, 0.717) is 17.8 Å². The Balaban J connectivity index is 1.44. The first kappa shape index (κ1) is 14.8. The highest BCUT2D eigenvalue weighted by Gasteiger charge is 2.34. The number of nitrogens with one attached hydrogen (secondary N) is 2. The molecule has 0 saturated carbocycles. The lowest BCUT2D eigenvalue weighted by molar-refractivity contribution is 0.0919. The van der Waals surface area contributed by atoms with Gasteiger partial charge in [0, 0.05) is 29.1 Å². The minimum atomic E-state index is -0.274. The Morgan fingerprint density at radius 1 is 1.22 bits per heavy atom. The molecule has 2 aromatic rings. The van der Waals surface area contributed by atoms with E-state index in [1.165, 1.54) is 36.3 Å². The molecule has 23 heavy (non-hydrogen) atoms. The third-order valence-electron chi connectivity index (χ3n) is 4.64. The van der Waals surface area contributed by atoms with Crippen LogP contribution in [-0.2, 0) is 0 Å². The zero-order valence-electron chi connectivity index (χ0n) is 12.6. The number of rotatable bonds is 3. The molecule has 1 amide bonds. The van der Waals surface area contributed by atoms with E-state index < -0.39 is 0 Å². The van der Waals surface area contributed by atoms with Crippen molar-refractivity contribution >= 4 is 17.2 Å². The summed E-state index contributed by atoms with van der Waals surface area (Å²) in [4.78, 5) is 16.8. The van der Waals surface area contributed by atoms with Gasteiger partial charge >= 0.3 is 0 Å². The first-order chi connectivity index (χ1) is 11.2. The van der Waals surface area contributed by atoms with Crippen LogP contribution in [0, 0.1) is 5.82 Å². The Morgan fingerprint density at radius 3 is 2.61 bits per heavy atom. The number of piperidine rings is 1. The largest absolute Gasteiger partial charge is 0.348 e.